The van der Waals surface area contributed by atoms with Crippen LogP contribution in [-0.4, -0.2) is 23.2 Å². The highest BCUT2D eigenvalue weighted by Crippen LogP contribution is 2.35. The van der Waals surface area contributed by atoms with Crippen LogP contribution in [0.2, 0.25) is 5.02 Å². The summed E-state index contributed by atoms with van der Waals surface area (Å²) in [6.45, 7) is -0.212. The first-order valence-electron chi connectivity index (χ1n) is 5.05. The molecule has 92 valence electrons. The Kier molecular flexibility index (Phi) is 3.05. The zero-order valence-corrected chi connectivity index (χ0v) is 9.52. The van der Waals surface area contributed by atoms with Crippen molar-refractivity contribution >= 4 is 17.5 Å². The highest BCUT2D eigenvalue weighted by Gasteiger charge is 2.43. The second-order valence-electron chi connectivity index (χ2n) is 4.14. The monoisotopic (exact) mass is 261 g/mol. The summed E-state index contributed by atoms with van der Waals surface area (Å²) in [7, 11) is 0. The maximum absolute atomic E-state index is 13.4. The van der Waals surface area contributed by atoms with E-state index in [0.29, 0.717) is 12.8 Å². The van der Waals surface area contributed by atoms with Crippen LogP contribution in [0.25, 0.3) is 0 Å². The Morgan fingerprint density at radius 1 is 1.41 bits per heavy atom. The number of aliphatic hydroxyl groups is 1. The van der Waals surface area contributed by atoms with Crippen molar-refractivity contribution in [3.8, 4) is 0 Å². The Morgan fingerprint density at radius 3 is 2.59 bits per heavy atom. The van der Waals surface area contributed by atoms with Crippen molar-refractivity contribution in [1.29, 1.82) is 0 Å². The zero-order valence-electron chi connectivity index (χ0n) is 8.77. The van der Waals surface area contributed by atoms with E-state index < -0.39 is 28.6 Å². The van der Waals surface area contributed by atoms with Gasteiger partial charge in [0.25, 0.3) is 5.91 Å². The van der Waals surface area contributed by atoms with E-state index in [1.807, 2.05) is 0 Å². The van der Waals surface area contributed by atoms with Crippen LogP contribution in [0.5, 0.6) is 0 Å². The number of hydrogen-bond donors (Lipinski definition) is 2. The molecule has 1 fully saturated rings. The van der Waals surface area contributed by atoms with Gasteiger partial charge in [-0.3, -0.25) is 4.79 Å². The summed E-state index contributed by atoms with van der Waals surface area (Å²) < 4.78 is 26.5. The lowest BCUT2D eigenvalue weighted by Crippen LogP contribution is -2.40. The van der Waals surface area contributed by atoms with Crippen LogP contribution in [0.15, 0.2) is 12.1 Å². The number of amides is 1. The van der Waals surface area contributed by atoms with Gasteiger partial charge in [-0.25, -0.2) is 8.78 Å². The average molecular weight is 262 g/mol. The second kappa shape index (κ2) is 4.23. The molecule has 0 aliphatic heterocycles. The fourth-order valence-electron chi connectivity index (χ4n) is 1.48. The quantitative estimate of drug-likeness (QED) is 0.816. The number of rotatable bonds is 3. The predicted octanol–water partition coefficient (Wildman–Crippen LogP) is 1.87. The minimum absolute atomic E-state index is 0.212. The molecule has 2 rings (SSSR count). The largest absolute Gasteiger partial charge is 0.394 e. The summed E-state index contributed by atoms with van der Waals surface area (Å²) in [6.07, 6.45) is 1.26. The van der Waals surface area contributed by atoms with Crippen LogP contribution in [0.1, 0.15) is 23.2 Å². The Labute approximate surface area is 101 Å². The van der Waals surface area contributed by atoms with Gasteiger partial charge in [0.05, 0.1) is 22.7 Å². The van der Waals surface area contributed by atoms with Crippen LogP contribution in [0.3, 0.4) is 0 Å². The van der Waals surface area contributed by atoms with Gasteiger partial charge in [0.15, 0.2) is 0 Å². The van der Waals surface area contributed by atoms with Crippen molar-refractivity contribution in [1.82, 2.24) is 5.32 Å². The van der Waals surface area contributed by atoms with E-state index in [1.165, 1.54) is 0 Å². The van der Waals surface area contributed by atoms with Crippen LogP contribution < -0.4 is 5.32 Å². The molecule has 1 saturated carbocycles. The third-order valence-electron chi connectivity index (χ3n) is 2.79. The smallest absolute Gasteiger partial charge is 0.254 e. The summed E-state index contributed by atoms with van der Waals surface area (Å²) in [5, 5.41) is 11.1. The fraction of sp³-hybridized carbons (Fsp3) is 0.364. The van der Waals surface area contributed by atoms with Crippen LogP contribution >= 0.6 is 11.6 Å². The van der Waals surface area contributed by atoms with Gasteiger partial charge in [-0.2, -0.15) is 0 Å². The van der Waals surface area contributed by atoms with Gasteiger partial charge in [0, 0.05) is 0 Å². The lowest BCUT2D eigenvalue weighted by Gasteiger charge is -2.14. The number of carbonyl (C=O) groups excluding carboxylic acids is 1. The van der Waals surface area contributed by atoms with E-state index in [-0.39, 0.29) is 11.6 Å². The van der Waals surface area contributed by atoms with Crippen molar-refractivity contribution in [2.45, 2.75) is 18.4 Å². The van der Waals surface area contributed by atoms with Crippen LogP contribution in [-0.2, 0) is 0 Å². The molecule has 2 N–H and O–H groups in total. The molecule has 0 atom stereocenters. The molecule has 17 heavy (non-hydrogen) atoms. The van der Waals surface area contributed by atoms with Gasteiger partial charge in [-0.15, -0.1) is 0 Å². The molecule has 1 aromatic rings. The number of hydrogen-bond acceptors (Lipinski definition) is 2. The summed E-state index contributed by atoms with van der Waals surface area (Å²) in [5.41, 5.74) is -1.08. The number of carbonyl (C=O) groups is 1. The average Bonchev–Trinajstić information content (AvgIpc) is 3.04. The normalized spacial score (nSPS) is 16.7. The molecule has 0 unspecified atom stereocenters. The van der Waals surface area contributed by atoms with Crippen molar-refractivity contribution in [3.63, 3.8) is 0 Å². The third kappa shape index (κ3) is 2.40. The first kappa shape index (κ1) is 12.3. The highest BCUT2D eigenvalue weighted by atomic mass is 35.5. The fourth-order valence-corrected chi connectivity index (χ4v) is 1.63. The molecule has 0 aromatic heterocycles. The first-order valence-corrected chi connectivity index (χ1v) is 5.43. The van der Waals surface area contributed by atoms with Crippen molar-refractivity contribution < 1.29 is 18.7 Å². The van der Waals surface area contributed by atoms with Gasteiger partial charge in [-0.1, -0.05) is 11.6 Å². The maximum Gasteiger partial charge on any atom is 0.254 e. The SMILES string of the molecule is O=C(NC1(CO)CC1)c1cc(F)c(Cl)cc1F. The van der Waals surface area contributed by atoms with Gasteiger partial charge in [0.1, 0.15) is 11.6 Å². The van der Waals surface area contributed by atoms with E-state index in [9.17, 15) is 13.6 Å². The Morgan fingerprint density at radius 2 is 2.06 bits per heavy atom. The van der Waals surface area contributed by atoms with E-state index in [0.717, 1.165) is 12.1 Å². The predicted molar refractivity (Wildman–Crippen MR) is 57.9 cm³/mol. The molecule has 0 saturated heterocycles. The van der Waals surface area contributed by atoms with E-state index in [2.05, 4.69) is 5.32 Å². The number of benzene rings is 1. The summed E-state index contributed by atoms with van der Waals surface area (Å²) >= 11 is 5.38. The molecule has 1 aromatic carbocycles. The molecule has 0 spiro atoms. The molecule has 0 heterocycles. The van der Waals surface area contributed by atoms with E-state index >= 15 is 0 Å². The number of halogens is 3. The molecule has 0 bridgehead atoms. The standard InChI is InChI=1S/C11H10ClF2NO2/c12-7-4-8(13)6(3-9(7)14)10(17)15-11(5-16)1-2-11/h3-4,16H,1-2,5H2,(H,15,17). The topological polar surface area (TPSA) is 49.3 Å². The molecular weight excluding hydrogens is 252 g/mol. The Balaban J connectivity index is 2.22. The van der Waals surface area contributed by atoms with Gasteiger partial charge < -0.3 is 10.4 Å². The molecule has 1 aliphatic carbocycles. The Bertz CT molecular complexity index is 475. The summed E-state index contributed by atoms with van der Waals surface area (Å²) in [4.78, 5) is 11.7. The molecule has 1 amide bonds. The third-order valence-corrected chi connectivity index (χ3v) is 3.08. The van der Waals surface area contributed by atoms with Crippen LogP contribution in [0, 0.1) is 11.6 Å². The molecular formula is C11H10ClF2NO2. The Hall–Kier alpha value is -1.20. The first-order chi connectivity index (χ1) is 7.97. The minimum Gasteiger partial charge on any atom is -0.394 e. The van der Waals surface area contributed by atoms with Gasteiger partial charge in [0.2, 0.25) is 0 Å². The van der Waals surface area contributed by atoms with Gasteiger partial charge in [-0.05, 0) is 25.0 Å². The lowest BCUT2D eigenvalue weighted by atomic mass is 10.1. The minimum atomic E-state index is -0.886. The highest BCUT2D eigenvalue weighted by molar-refractivity contribution is 6.30. The summed E-state index contributed by atoms with van der Waals surface area (Å²) in [5.74, 6) is -2.49. The molecule has 0 radical (unpaired) electrons. The molecule has 3 nitrogen and oxygen atoms in total. The van der Waals surface area contributed by atoms with E-state index in [4.69, 9.17) is 16.7 Å². The molecule has 6 heteroatoms. The van der Waals surface area contributed by atoms with Crippen molar-refractivity contribution in [2.24, 2.45) is 0 Å². The van der Waals surface area contributed by atoms with Gasteiger partial charge >= 0.3 is 0 Å². The van der Waals surface area contributed by atoms with Crippen LogP contribution in [0.4, 0.5) is 8.78 Å². The van der Waals surface area contributed by atoms with E-state index in [1.54, 1.807) is 0 Å². The summed E-state index contributed by atoms with van der Waals surface area (Å²) in [6, 6.07) is 1.50. The van der Waals surface area contributed by atoms with Crippen molar-refractivity contribution in [2.75, 3.05) is 6.61 Å². The zero-order chi connectivity index (χ0) is 12.6. The van der Waals surface area contributed by atoms with Crippen molar-refractivity contribution in [3.05, 3.63) is 34.4 Å². The number of aliphatic hydroxyl groups excluding tert-OH is 1. The maximum atomic E-state index is 13.4. The number of nitrogens with one attached hydrogen (secondary N) is 1. The molecule has 1 aliphatic rings. The second-order valence-corrected chi connectivity index (χ2v) is 4.55. The lowest BCUT2D eigenvalue weighted by molar-refractivity contribution is 0.0902.